The van der Waals surface area contributed by atoms with Gasteiger partial charge in [0.15, 0.2) is 6.04 Å². The van der Waals surface area contributed by atoms with E-state index in [1.165, 1.54) is 0 Å². The lowest BCUT2D eigenvalue weighted by Crippen LogP contribution is -2.55. The molecule has 0 aliphatic carbocycles. The number of benzene rings is 1. The van der Waals surface area contributed by atoms with E-state index in [4.69, 9.17) is 4.74 Å². The van der Waals surface area contributed by atoms with E-state index in [1.54, 1.807) is 23.6 Å². The molecule has 10 heteroatoms. The second kappa shape index (κ2) is 9.09. The van der Waals surface area contributed by atoms with Gasteiger partial charge in [-0.3, -0.25) is 14.4 Å². The number of piperidine rings is 1. The van der Waals surface area contributed by atoms with E-state index < -0.39 is 35.8 Å². The third kappa shape index (κ3) is 4.92. The molecule has 1 aliphatic heterocycles. The van der Waals surface area contributed by atoms with E-state index in [0.717, 1.165) is 17.1 Å². The molecule has 0 radical (unpaired) electrons. The van der Waals surface area contributed by atoms with Gasteiger partial charge in [0.1, 0.15) is 6.61 Å². The molecule has 1 aromatic heterocycles. The van der Waals surface area contributed by atoms with Crippen molar-refractivity contribution in [1.29, 1.82) is 0 Å². The summed E-state index contributed by atoms with van der Waals surface area (Å²) in [4.78, 5) is 48.2. The van der Waals surface area contributed by atoms with E-state index in [9.17, 15) is 19.2 Å². The number of amides is 3. The number of carbonyl (C=O) groups is 4. The lowest BCUT2D eigenvalue weighted by atomic mass is 10.0. The Morgan fingerprint density at radius 3 is 2.75 bits per heavy atom. The van der Waals surface area contributed by atoms with Crippen molar-refractivity contribution < 1.29 is 23.9 Å². The number of Topliss-reactive ketones (excluding diaryl/α,β-unsaturated/α-hetero) is 1. The van der Waals surface area contributed by atoms with Crippen molar-refractivity contribution in [3.63, 3.8) is 0 Å². The smallest absolute Gasteiger partial charge is 0.408 e. The van der Waals surface area contributed by atoms with Gasteiger partial charge >= 0.3 is 6.09 Å². The van der Waals surface area contributed by atoms with Crippen LogP contribution in [0.3, 0.4) is 0 Å². The van der Waals surface area contributed by atoms with Gasteiger partial charge in [-0.15, -0.1) is 0 Å². The largest absolute Gasteiger partial charge is 0.445 e. The molecular weight excluding hydrogens is 384 g/mol. The summed E-state index contributed by atoms with van der Waals surface area (Å²) in [5, 5.41) is 9.05. The van der Waals surface area contributed by atoms with Crippen molar-refractivity contribution in [2.24, 2.45) is 0 Å². The molecule has 2 aromatic rings. The summed E-state index contributed by atoms with van der Waals surface area (Å²) in [7, 11) is 0. The molecule has 0 saturated carbocycles. The highest BCUT2D eigenvalue weighted by atomic mass is 32.1. The average molecular weight is 402 g/mol. The molecule has 146 valence electrons. The first-order valence-corrected chi connectivity index (χ1v) is 9.38. The van der Waals surface area contributed by atoms with Crippen LogP contribution in [0.2, 0.25) is 0 Å². The molecule has 2 atom stereocenters. The van der Waals surface area contributed by atoms with Gasteiger partial charge in [0.05, 0.1) is 11.7 Å². The van der Waals surface area contributed by atoms with Crippen LogP contribution in [0, 0.1) is 0 Å². The van der Waals surface area contributed by atoms with Gasteiger partial charge in [-0.1, -0.05) is 30.3 Å². The molecule has 0 spiro atoms. The first kappa shape index (κ1) is 19.5. The van der Waals surface area contributed by atoms with Gasteiger partial charge in [-0.05, 0) is 29.6 Å². The molecule has 1 aliphatic rings. The van der Waals surface area contributed by atoms with Gasteiger partial charge < -0.3 is 20.7 Å². The van der Waals surface area contributed by atoms with Crippen LogP contribution in [0.15, 0.2) is 41.8 Å². The zero-order chi connectivity index (χ0) is 19.9. The number of ether oxygens (including phenoxy) is 1. The number of nitrogens with one attached hydrogen (secondary N) is 3. The van der Waals surface area contributed by atoms with Gasteiger partial charge in [0, 0.05) is 11.9 Å². The molecule has 1 fully saturated rings. The number of alkyl carbamates (subject to hydrolysis) is 1. The van der Waals surface area contributed by atoms with Crippen molar-refractivity contribution in [1.82, 2.24) is 20.3 Å². The molecule has 9 nitrogen and oxygen atoms in total. The van der Waals surface area contributed by atoms with Crippen molar-refractivity contribution in [2.45, 2.75) is 25.1 Å². The summed E-state index contributed by atoms with van der Waals surface area (Å²) in [6.07, 6.45) is -0.525. The number of hydrogen-bond donors (Lipinski definition) is 3. The van der Waals surface area contributed by atoms with E-state index in [1.807, 2.05) is 18.2 Å². The number of carbonyl (C=O) groups excluding carboxylic acids is 4. The summed E-state index contributed by atoms with van der Waals surface area (Å²) >= 11 is 1.12. The lowest BCUT2D eigenvalue weighted by Gasteiger charge is -2.24. The lowest BCUT2D eigenvalue weighted by molar-refractivity contribution is -0.141. The standard InChI is InChI=1S/C18H18N4O5S/c23-15-13(6-8-19-17(15)25)20-16(24)14(12-7-9-28-22-12)21-18(26)27-10-11-4-2-1-3-5-11/h1-5,7,9,13-14H,6,8,10H2,(H,19,25)(H,20,24)(H,21,26). The average Bonchev–Trinajstić information content (AvgIpc) is 3.23. The number of hydrogen-bond acceptors (Lipinski definition) is 7. The van der Waals surface area contributed by atoms with Gasteiger partial charge in [-0.2, -0.15) is 4.37 Å². The van der Waals surface area contributed by atoms with Crippen LogP contribution < -0.4 is 16.0 Å². The van der Waals surface area contributed by atoms with Crippen molar-refractivity contribution in [3.8, 4) is 0 Å². The third-order valence-electron chi connectivity index (χ3n) is 4.07. The van der Waals surface area contributed by atoms with Crippen LogP contribution in [0.25, 0.3) is 0 Å². The van der Waals surface area contributed by atoms with Crippen LogP contribution in [0.5, 0.6) is 0 Å². The zero-order valence-corrected chi connectivity index (χ0v) is 15.5. The Hall–Kier alpha value is -3.27. The Balaban J connectivity index is 1.64. The number of aromatic nitrogens is 1. The minimum Gasteiger partial charge on any atom is -0.445 e. The Labute approximate surface area is 164 Å². The number of rotatable bonds is 6. The molecular formula is C18H18N4O5S. The predicted molar refractivity (Wildman–Crippen MR) is 99.2 cm³/mol. The van der Waals surface area contributed by atoms with E-state index in [0.29, 0.717) is 5.69 Å². The monoisotopic (exact) mass is 402 g/mol. The second-order valence-electron chi connectivity index (χ2n) is 6.03. The molecule has 0 bridgehead atoms. The maximum Gasteiger partial charge on any atom is 0.408 e. The quantitative estimate of drug-likeness (QED) is 0.610. The van der Waals surface area contributed by atoms with Crippen LogP contribution in [-0.4, -0.2) is 40.7 Å². The third-order valence-corrected chi connectivity index (χ3v) is 4.64. The van der Waals surface area contributed by atoms with Gasteiger partial charge in [0.25, 0.3) is 5.91 Å². The summed E-state index contributed by atoms with van der Waals surface area (Å²) in [5.74, 6) is -2.10. The molecule has 1 saturated heterocycles. The Bertz CT molecular complexity index is 856. The van der Waals surface area contributed by atoms with Crippen molar-refractivity contribution >= 4 is 35.2 Å². The summed E-state index contributed by atoms with van der Waals surface area (Å²) in [6.45, 7) is 0.322. The van der Waals surface area contributed by atoms with Crippen LogP contribution in [0.1, 0.15) is 23.7 Å². The Kier molecular flexibility index (Phi) is 6.33. The molecule has 28 heavy (non-hydrogen) atoms. The van der Waals surface area contributed by atoms with Crippen molar-refractivity contribution in [2.75, 3.05) is 6.54 Å². The predicted octanol–water partition coefficient (Wildman–Crippen LogP) is 0.684. The van der Waals surface area contributed by atoms with Gasteiger partial charge in [-0.25, -0.2) is 4.79 Å². The molecule has 3 amide bonds. The number of nitrogens with zero attached hydrogens (tertiary/aromatic N) is 1. The molecule has 3 rings (SSSR count). The zero-order valence-electron chi connectivity index (χ0n) is 14.7. The molecule has 1 aromatic carbocycles. The summed E-state index contributed by atoms with van der Waals surface area (Å²) in [5.41, 5.74) is 1.11. The first-order chi connectivity index (χ1) is 13.5. The summed E-state index contributed by atoms with van der Waals surface area (Å²) in [6, 6.07) is 8.59. The maximum absolute atomic E-state index is 12.7. The topological polar surface area (TPSA) is 126 Å². The minimum atomic E-state index is -1.15. The minimum absolute atomic E-state index is 0.0410. The highest BCUT2D eigenvalue weighted by Gasteiger charge is 2.34. The van der Waals surface area contributed by atoms with Gasteiger partial charge in [0.2, 0.25) is 11.7 Å². The van der Waals surface area contributed by atoms with Crippen molar-refractivity contribution in [3.05, 3.63) is 53.0 Å². The van der Waals surface area contributed by atoms with E-state index in [-0.39, 0.29) is 19.6 Å². The highest BCUT2D eigenvalue weighted by Crippen LogP contribution is 2.14. The summed E-state index contributed by atoms with van der Waals surface area (Å²) < 4.78 is 9.23. The molecule has 2 heterocycles. The maximum atomic E-state index is 12.7. The highest BCUT2D eigenvalue weighted by molar-refractivity contribution is 7.03. The molecule has 2 unspecified atom stereocenters. The SMILES string of the molecule is O=C(NC(C(=O)NC1CCNC(=O)C1=O)c1ccsn1)OCc1ccccc1. The number of ketones is 1. The first-order valence-electron chi connectivity index (χ1n) is 8.54. The second-order valence-corrected chi connectivity index (χ2v) is 6.70. The van der Waals surface area contributed by atoms with Crippen LogP contribution in [0.4, 0.5) is 4.79 Å². The molecule has 3 N–H and O–H groups in total. The van der Waals surface area contributed by atoms with E-state index in [2.05, 4.69) is 20.3 Å². The van der Waals surface area contributed by atoms with Crippen LogP contribution >= 0.6 is 11.5 Å². The Morgan fingerprint density at radius 2 is 2.04 bits per heavy atom. The fourth-order valence-electron chi connectivity index (χ4n) is 2.63. The van der Waals surface area contributed by atoms with Crippen LogP contribution in [-0.2, 0) is 25.7 Å². The Morgan fingerprint density at radius 1 is 1.25 bits per heavy atom. The normalized spacial score (nSPS) is 17.4. The fraction of sp³-hybridized carbons (Fsp3) is 0.278. The fourth-order valence-corrected chi connectivity index (χ4v) is 3.18. The van der Waals surface area contributed by atoms with E-state index >= 15 is 0 Å².